The van der Waals surface area contributed by atoms with E-state index in [4.69, 9.17) is 10.00 Å². The van der Waals surface area contributed by atoms with Crippen LogP contribution in [0.1, 0.15) is 6.42 Å². The number of benzene rings is 2. The molecular weight excluding hydrogens is 392 g/mol. The lowest BCUT2D eigenvalue weighted by Gasteiger charge is -2.29. The average molecular weight is 421 g/mol. The standard InChI is InChI=1S/C23H28N6O2/c24-11-4-12-29(14-13-28-15-17-31-18-16-28)19-23(30)25-20-7-9-22(10-8-20)27-26-21-5-2-1-3-6-21/h1-3,5-10H,4,12-19H2,(H,25,30). The highest BCUT2D eigenvalue weighted by Gasteiger charge is 2.15. The van der Waals surface area contributed by atoms with Crippen molar-refractivity contribution in [3.63, 3.8) is 0 Å². The fraction of sp³-hybridized carbons (Fsp3) is 0.391. The van der Waals surface area contributed by atoms with Crippen LogP contribution < -0.4 is 5.32 Å². The van der Waals surface area contributed by atoms with E-state index in [0.29, 0.717) is 24.3 Å². The topological polar surface area (TPSA) is 93.3 Å². The molecule has 2 aromatic rings. The number of azo groups is 1. The molecule has 8 heteroatoms. The zero-order chi connectivity index (χ0) is 21.7. The Kier molecular flexibility index (Phi) is 9.13. The van der Waals surface area contributed by atoms with Crippen LogP contribution in [0.15, 0.2) is 64.8 Å². The Bertz CT molecular complexity index is 873. The Balaban J connectivity index is 1.48. The average Bonchev–Trinajstić information content (AvgIpc) is 2.81. The Morgan fingerprint density at radius 2 is 1.71 bits per heavy atom. The van der Waals surface area contributed by atoms with Crippen molar-refractivity contribution in [2.75, 3.05) is 57.8 Å². The first kappa shape index (κ1) is 22.6. The van der Waals surface area contributed by atoms with Crippen LogP contribution in [0.25, 0.3) is 0 Å². The first-order valence-electron chi connectivity index (χ1n) is 10.5. The number of hydrogen-bond acceptors (Lipinski definition) is 7. The van der Waals surface area contributed by atoms with Gasteiger partial charge in [-0.05, 0) is 36.4 Å². The smallest absolute Gasteiger partial charge is 0.238 e. The Labute approximate surface area is 183 Å². The van der Waals surface area contributed by atoms with Gasteiger partial charge in [0.2, 0.25) is 5.91 Å². The summed E-state index contributed by atoms with van der Waals surface area (Å²) in [6.07, 6.45) is 0.400. The molecule has 1 fully saturated rings. The molecule has 8 nitrogen and oxygen atoms in total. The molecule has 162 valence electrons. The number of amides is 1. The summed E-state index contributed by atoms with van der Waals surface area (Å²) in [6, 6.07) is 18.9. The number of morpholine rings is 1. The maximum Gasteiger partial charge on any atom is 0.238 e. The van der Waals surface area contributed by atoms with Crippen molar-refractivity contribution in [1.29, 1.82) is 5.26 Å². The summed E-state index contributed by atoms with van der Waals surface area (Å²) < 4.78 is 5.37. The SMILES string of the molecule is N#CCCN(CCN1CCOCC1)CC(=O)Nc1ccc(N=Nc2ccccc2)cc1. The van der Waals surface area contributed by atoms with Crippen LogP contribution in [0.5, 0.6) is 0 Å². The highest BCUT2D eigenvalue weighted by Crippen LogP contribution is 2.20. The van der Waals surface area contributed by atoms with Crippen molar-refractivity contribution in [3.05, 3.63) is 54.6 Å². The molecule has 0 unspecified atom stereocenters. The van der Waals surface area contributed by atoms with Gasteiger partial charge in [0.25, 0.3) is 0 Å². The summed E-state index contributed by atoms with van der Waals surface area (Å²) in [6.45, 7) is 5.75. The molecule has 0 atom stereocenters. The first-order chi connectivity index (χ1) is 15.2. The van der Waals surface area contributed by atoms with Gasteiger partial charge in [0.1, 0.15) is 0 Å². The lowest BCUT2D eigenvalue weighted by Crippen LogP contribution is -2.43. The van der Waals surface area contributed by atoms with Crippen molar-refractivity contribution in [2.24, 2.45) is 10.2 Å². The van der Waals surface area contributed by atoms with Gasteiger partial charge in [-0.25, -0.2) is 0 Å². The minimum atomic E-state index is -0.0985. The summed E-state index contributed by atoms with van der Waals surface area (Å²) in [4.78, 5) is 16.9. The minimum Gasteiger partial charge on any atom is -0.379 e. The number of hydrogen-bond donors (Lipinski definition) is 1. The predicted octanol–water partition coefficient (Wildman–Crippen LogP) is 3.59. The van der Waals surface area contributed by atoms with E-state index in [1.807, 2.05) is 59.5 Å². The van der Waals surface area contributed by atoms with E-state index in [9.17, 15) is 4.79 Å². The minimum absolute atomic E-state index is 0.0985. The fourth-order valence-electron chi connectivity index (χ4n) is 3.21. The highest BCUT2D eigenvalue weighted by atomic mass is 16.5. The van der Waals surface area contributed by atoms with Crippen molar-refractivity contribution in [3.8, 4) is 6.07 Å². The van der Waals surface area contributed by atoms with Crippen LogP contribution in [0, 0.1) is 11.3 Å². The molecule has 31 heavy (non-hydrogen) atoms. The number of nitrogens with one attached hydrogen (secondary N) is 1. The van der Waals surface area contributed by atoms with Gasteiger partial charge in [0.15, 0.2) is 0 Å². The molecule has 1 amide bonds. The second-order valence-corrected chi connectivity index (χ2v) is 7.27. The summed E-state index contributed by atoms with van der Waals surface area (Å²) in [5.41, 5.74) is 2.20. The molecule has 1 aliphatic heterocycles. The van der Waals surface area contributed by atoms with E-state index in [2.05, 4.69) is 26.5 Å². The quantitative estimate of drug-likeness (QED) is 0.593. The third-order valence-electron chi connectivity index (χ3n) is 4.93. The van der Waals surface area contributed by atoms with Gasteiger partial charge in [-0.2, -0.15) is 15.5 Å². The third kappa shape index (κ3) is 8.26. The van der Waals surface area contributed by atoms with Crippen LogP contribution in [0.2, 0.25) is 0 Å². The first-order valence-corrected chi connectivity index (χ1v) is 10.5. The molecule has 1 saturated heterocycles. The van der Waals surface area contributed by atoms with E-state index in [0.717, 1.165) is 45.1 Å². The maximum atomic E-state index is 12.5. The Hall–Kier alpha value is -3.12. The number of carbonyl (C=O) groups is 1. The summed E-state index contributed by atoms with van der Waals surface area (Å²) >= 11 is 0. The van der Waals surface area contributed by atoms with E-state index in [1.165, 1.54) is 0 Å². The normalized spacial score (nSPS) is 14.6. The van der Waals surface area contributed by atoms with Crippen LogP contribution in [-0.4, -0.2) is 68.2 Å². The number of anilines is 1. The van der Waals surface area contributed by atoms with E-state index in [-0.39, 0.29) is 12.5 Å². The number of ether oxygens (including phenoxy) is 1. The van der Waals surface area contributed by atoms with Crippen molar-refractivity contribution in [2.45, 2.75) is 6.42 Å². The largest absolute Gasteiger partial charge is 0.379 e. The zero-order valence-corrected chi connectivity index (χ0v) is 17.6. The number of rotatable bonds is 10. The molecule has 0 aliphatic carbocycles. The Morgan fingerprint density at radius 1 is 1.03 bits per heavy atom. The summed E-state index contributed by atoms with van der Waals surface area (Å²) in [7, 11) is 0. The second-order valence-electron chi connectivity index (χ2n) is 7.27. The van der Waals surface area contributed by atoms with Crippen LogP contribution in [-0.2, 0) is 9.53 Å². The number of carbonyl (C=O) groups excluding carboxylic acids is 1. The second kappa shape index (κ2) is 12.5. The molecule has 0 saturated carbocycles. The molecule has 1 heterocycles. The fourth-order valence-corrected chi connectivity index (χ4v) is 3.21. The molecule has 3 rings (SSSR count). The van der Waals surface area contributed by atoms with Gasteiger partial charge in [-0.15, -0.1) is 0 Å². The van der Waals surface area contributed by atoms with Crippen molar-refractivity contribution >= 4 is 23.0 Å². The molecule has 0 spiro atoms. The van der Waals surface area contributed by atoms with Gasteiger partial charge in [0.05, 0.1) is 37.2 Å². The molecule has 2 aromatic carbocycles. The van der Waals surface area contributed by atoms with Crippen LogP contribution in [0.3, 0.4) is 0 Å². The molecular formula is C23H28N6O2. The Morgan fingerprint density at radius 3 is 2.39 bits per heavy atom. The third-order valence-corrected chi connectivity index (χ3v) is 4.93. The van der Waals surface area contributed by atoms with Crippen molar-refractivity contribution in [1.82, 2.24) is 9.80 Å². The van der Waals surface area contributed by atoms with Crippen molar-refractivity contribution < 1.29 is 9.53 Å². The maximum absolute atomic E-state index is 12.5. The molecule has 0 radical (unpaired) electrons. The van der Waals surface area contributed by atoms with Gasteiger partial charge in [-0.1, -0.05) is 18.2 Å². The molecule has 1 aliphatic rings. The van der Waals surface area contributed by atoms with Crippen LogP contribution in [0.4, 0.5) is 17.1 Å². The lowest BCUT2D eigenvalue weighted by molar-refractivity contribution is -0.117. The van der Waals surface area contributed by atoms with E-state index in [1.54, 1.807) is 0 Å². The summed E-state index contributed by atoms with van der Waals surface area (Å²) in [5.74, 6) is -0.0985. The predicted molar refractivity (Wildman–Crippen MR) is 120 cm³/mol. The van der Waals surface area contributed by atoms with Crippen LogP contribution >= 0.6 is 0 Å². The highest BCUT2D eigenvalue weighted by molar-refractivity contribution is 5.92. The molecule has 1 N–H and O–H groups in total. The monoisotopic (exact) mass is 420 g/mol. The number of nitriles is 1. The van der Waals surface area contributed by atoms with Gasteiger partial charge < -0.3 is 10.1 Å². The van der Waals surface area contributed by atoms with Gasteiger partial charge in [-0.3, -0.25) is 14.6 Å². The van der Waals surface area contributed by atoms with E-state index < -0.39 is 0 Å². The van der Waals surface area contributed by atoms with E-state index >= 15 is 0 Å². The molecule has 0 bridgehead atoms. The summed E-state index contributed by atoms with van der Waals surface area (Å²) in [5, 5.41) is 20.2. The van der Waals surface area contributed by atoms with Gasteiger partial charge >= 0.3 is 0 Å². The number of nitrogens with zero attached hydrogens (tertiary/aromatic N) is 5. The van der Waals surface area contributed by atoms with Gasteiger partial charge in [0, 0.05) is 44.8 Å². The zero-order valence-electron chi connectivity index (χ0n) is 17.6. The lowest BCUT2D eigenvalue weighted by atomic mass is 10.3. The molecule has 0 aromatic heterocycles.